The van der Waals surface area contributed by atoms with Crippen LogP contribution in [0.15, 0.2) is 11.6 Å². The Balaban J connectivity index is 2.05. The van der Waals surface area contributed by atoms with Crippen LogP contribution in [-0.4, -0.2) is 13.1 Å². The predicted octanol–water partition coefficient (Wildman–Crippen LogP) is 2.44. The van der Waals surface area contributed by atoms with E-state index in [0.717, 1.165) is 12.8 Å². The average Bonchev–Trinajstić information content (AvgIpc) is 2.14. The Morgan fingerprint density at radius 2 is 2.42 bits per heavy atom. The van der Waals surface area contributed by atoms with Crippen molar-refractivity contribution in [2.45, 2.75) is 38.5 Å². The van der Waals surface area contributed by atoms with Gasteiger partial charge in [0.1, 0.15) is 0 Å². The summed E-state index contributed by atoms with van der Waals surface area (Å²) in [5.41, 5.74) is 1.55. The van der Waals surface area contributed by atoms with E-state index in [4.69, 9.17) is 0 Å². The second-order valence-electron chi connectivity index (χ2n) is 3.18. The van der Waals surface area contributed by atoms with Crippen LogP contribution in [0.25, 0.3) is 0 Å². The molecule has 1 aliphatic rings. The molecule has 1 aliphatic carbocycles. The summed E-state index contributed by atoms with van der Waals surface area (Å²) in [4.78, 5) is 9.82. The van der Waals surface area contributed by atoms with E-state index in [0.29, 0.717) is 13.1 Å². The number of carbonyl (C=O) groups excluding carboxylic acids is 1. The highest BCUT2D eigenvalue weighted by atomic mass is 16.5. The van der Waals surface area contributed by atoms with Crippen LogP contribution in [0.1, 0.15) is 38.5 Å². The fraction of sp³-hybridized carbons (Fsp3) is 0.700. The quantitative estimate of drug-likeness (QED) is 0.358. The Labute approximate surface area is 73.6 Å². The van der Waals surface area contributed by atoms with Gasteiger partial charge in [0.25, 0.3) is 6.47 Å². The molecule has 0 N–H and O–H groups in total. The molecule has 0 heterocycles. The fourth-order valence-corrected chi connectivity index (χ4v) is 1.56. The summed E-state index contributed by atoms with van der Waals surface area (Å²) in [6.45, 7) is 1.09. The van der Waals surface area contributed by atoms with Crippen LogP contribution in [0.2, 0.25) is 0 Å². The first kappa shape index (κ1) is 9.30. The Morgan fingerprint density at radius 1 is 1.50 bits per heavy atom. The lowest BCUT2D eigenvalue weighted by Crippen LogP contribution is -1.96. The summed E-state index contributed by atoms with van der Waals surface area (Å²) >= 11 is 0. The van der Waals surface area contributed by atoms with Gasteiger partial charge in [0, 0.05) is 0 Å². The van der Waals surface area contributed by atoms with Crippen LogP contribution in [0, 0.1) is 0 Å². The smallest absolute Gasteiger partial charge is 0.293 e. The van der Waals surface area contributed by atoms with Crippen molar-refractivity contribution in [3.63, 3.8) is 0 Å². The van der Waals surface area contributed by atoms with Gasteiger partial charge >= 0.3 is 0 Å². The van der Waals surface area contributed by atoms with Gasteiger partial charge in [0.15, 0.2) is 0 Å². The molecule has 0 unspecified atom stereocenters. The van der Waals surface area contributed by atoms with Crippen LogP contribution in [0.4, 0.5) is 0 Å². The van der Waals surface area contributed by atoms with E-state index in [9.17, 15) is 4.79 Å². The lowest BCUT2D eigenvalue weighted by Gasteiger charge is -2.11. The molecule has 2 nitrogen and oxygen atoms in total. The van der Waals surface area contributed by atoms with Gasteiger partial charge in [0.05, 0.1) is 6.61 Å². The Kier molecular flexibility index (Phi) is 4.50. The molecular weight excluding hydrogens is 152 g/mol. The van der Waals surface area contributed by atoms with E-state index in [-0.39, 0.29) is 0 Å². The third-order valence-corrected chi connectivity index (χ3v) is 2.21. The topological polar surface area (TPSA) is 26.3 Å². The van der Waals surface area contributed by atoms with Gasteiger partial charge in [-0.05, 0) is 38.5 Å². The molecule has 0 aliphatic heterocycles. The summed E-state index contributed by atoms with van der Waals surface area (Å²) in [6.07, 6.45) is 9.59. The zero-order valence-electron chi connectivity index (χ0n) is 7.42. The van der Waals surface area contributed by atoms with Gasteiger partial charge in [-0.25, -0.2) is 0 Å². The minimum atomic E-state index is 0.523. The standard InChI is InChI=1S/C10H16O2/c11-9-12-8-4-7-10-5-2-1-3-6-10/h5,9H,1-4,6-8H2. The molecule has 0 aromatic rings. The van der Waals surface area contributed by atoms with Crippen LogP contribution in [0.5, 0.6) is 0 Å². The summed E-state index contributed by atoms with van der Waals surface area (Å²) in [6, 6.07) is 0. The predicted molar refractivity (Wildman–Crippen MR) is 47.8 cm³/mol. The van der Waals surface area contributed by atoms with E-state index < -0.39 is 0 Å². The number of hydrogen-bond acceptors (Lipinski definition) is 2. The highest BCUT2D eigenvalue weighted by molar-refractivity contribution is 5.36. The normalized spacial score (nSPS) is 16.8. The molecule has 0 saturated carbocycles. The molecule has 0 aromatic carbocycles. The average molecular weight is 168 g/mol. The number of ether oxygens (including phenoxy) is 1. The second kappa shape index (κ2) is 5.81. The van der Waals surface area contributed by atoms with Crippen molar-refractivity contribution in [1.29, 1.82) is 0 Å². The van der Waals surface area contributed by atoms with Crippen molar-refractivity contribution in [2.24, 2.45) is 0 Å². The van der Waals surface area contributed by atoms with Gasteiger partial charge in [0.2, 0.25) is 0 Å². The van der Waals surface area contributed by atoms with Crippen molar-refractivity contribution in [3.8, 4) is 0 Å². The molecule has 0 spiro atoms. The van der Waals surface area contributed by atoms with Crippen LogP contribution in [-0.2, 0) is 9.53 Å². The lowest BCUT2D eigenvalue weighted by molar-refractivity contribution is -0.128. The van der Waals surface area contributed by atoms with Crippen molar-refractivity contribution in [1.82, 2.24) is 0 Å². The first-order valence-corrected chi connectivity index (χ1v) is 4.66. The zero-order chi connectivity index (χ0) is 8.65. The van der Waals surface area contributed by atoms with E-state index in [1.54, 1.807) is 5.57 Å². The minimum Gasteiger partial charge on any atom is -0.468 e. The largest absolute Gasteiger partial charge is 0.468 e. The van der Waals surface area contributed by atoms with Gasteiger partial charge in [-0.1, -0.05) is 11.6 Å². The molecule has 0 aromatic heterocycles. The van der Waals surface area contributed by atoms with Gasteiger partial charge in [-0.2, -0.15) is 0 Å². The first-order valence-electron chi connectivity index (χ1n) is 4.66. The Bertz CT molecular complexity index is 161. The summed E-state index contributed by atoms with van der Waals surface area (Å²) in [5.74, 6) is 0. The van der Waals surface area contributed by atoms with Crippen molar-refractivity contribution in [2.75, 3.05) is 6.61 Å². The third kappa shape index (κ3) is 3.56. The summed E-state index contributed by atoms with van der Waals surface area (Å²) in [5, 5.41) is 0. The molecule has 0 radical (unpaired) electrons. The van der Waals surface area contributed by atoms with E-state index in [1.807, 2.05) is 0 Å². The van der Waals surface area contributed by atoms with E-state index in [1.165, 1.54) is 25.7 Å². The maximum atomic E-state index is 9.82. The molecular formula is C10H16O2. The molecule has 0 amide bonds. The monoisotopic (exact) mass is 168 g/mol. The number of carbonyl (C=O) groups is 1. The van der Waals surface area contributed by atoms with Gasteiger partial charge in [-0.3, -0.25) is 4.79 Å². The molecule has 0 saturated heterocycles. The second-order valence-corrected chi connectivity index (χ2v) is 3.18. The Hall–Kier alpha value is -0.790. The van der Waals surface area contributed by atoms with Crippen LogP contribution < -0.4 is 0 Å². The molecule has 68 valence electrons. The SMILES string of the molecule is O=COCCCC1=CCCCC1. The molecule has 12 heavy (non-hydrogen) atoms. The highest BCUT2D eigenvalue weighted by Crippen LogP contribution is 2.20. The highest BCUT2D eigenvalue weighted by Gasteiger charge is 2.02. The van der Waals surface area contributed by atoms with Gasteiger partial charge in [-0.15, -0.1) is 0 Å². The zero-order valence-corrected chi connectivity index (χ0v) is 7.42. The molecule has 2 heteroatoms. The third-order valence-electron chi connectivity index (χ3n) is 2.21. The maximum absolute atomic E-state index is 9.82. The molecule has 0 fully saturated rings. The first-order chi connectivity index (χ1) is 5.93. The number of allylic oxidation sites excluding steroid dienone is 2. The van der Waals surface area contributed by atoms with Crippen LogP contribution in [0.3, 0.4) is 0 Å². The van der Waals surface area contributed by atoms with Crippen molar-refractivity contribution in [3.05, 3.63) is 11.6 Å². The fourth-order valence-electron chi connectivity index (χ4n) is 1.56. The summed E-state index contributed by atoms with van der Waals surface area (Å²) < 4.78 is 4.62. The van der Waals surface area contributed by atoms with Crippen LogP contribution >= 0.6 is 0 Å². The molecule has 0 atom stereocenters. The lowest BCUT2D eigenvalue weighted by atomic mass is 9.96. The molecule has 0 bridgehead atoms. The number of hydrogen-bond donors (Lipinski definition) is 0. The van der Waals surface area contributed by atoms with Gasteiger partial charge < -0.3 is 4.74 Å². The van der Waals surface area contributed by atoms with Crippen molar-refractivity contribution < 1.29 is 9.53 Å². The van der Waals surface area contributed by atoms with E-state index >= 15 is 0 Å². The number of rotatable bonds is 5. The van der Waals surface area contributed by atoms with Crippen molar-refractivity contribution >= 4 is 6.47 Å². The maximum Gasteiger partial charge on any atom is 0.293 e. The Morgan fingerprint density at radius 3 is 3.08 bits per heavy atom. The molecule has 1 rings (SSSR count). The van der Waals surface area contributed by atoms with E-state index in [2.05, 4.69) is 10.8 Å². The minimum absolute atomic E-state index is 0.523. The summed E-state index contributed by atoms with van der Waals surface area (Å²) in [7, 11) is 0.